The lowest BCUT2D eigenvalue weighted by molar-refractivity contribution is 0.233. The van der Waals surface area contributed by atoms with Crippen molar-refractivity contribution in [1.29, 1.82) is 0 Å². The topological polar surface area (TPSA) is 96.2 Å². The molecule has 7 nitrogen and oxygen atoms in total. The van der Waals surface area contributed by atoms with E-state index in [-0.39, 0.29) is 6.04 Å². The van der Waals surface area contributed by atoms with Crippen molar-refractivity contribution in [3.05, 3.63) is 12.4 Å². The number of piperidine rings is 1. The van der Waals surface area contributed by atoms with Gasteiger partial charge in [0.1, 0.15) is 0 Å². The Morgan fingerprint density at radius 1 is 1.14 bits per heavy atom. The molecule has 28 heavy (non-hydrogen) atoms. The highest BCUT2D eigenvalue weighted by atomic mass is 16.2. The largest absolute Gasteiger partial charge is 0.383 e. The highest BCUT2D eigenvalue weighted by molar-refractivity contribution is 5.71. The van der Waals surface area contributed by atoms with Crippen LogP contribution in [0.15, 0.2) is 12.4 Å². The van der Waals surface area contributed by atoms with Crippen molar-refractivity contribution in [3.63, 3.8) is 0 Å². The van der Waals surface area contributed by atoms with Gasteiger partial charge in [0.2, 0.25) is 5.95 Å². The molecule has 2 amide bonds. The second-order valence-corrected chi connectivity index (χ2v) is 8.78. The van der Waals surface area contributed by atoms with Crippen LogP contribution in [0.2, 0.25) is 0 Å². The van der Waals surface area contributed by atoms with Gasteiger partial charge in [0.05, 0.1) is 18.1 Å². The maximum absolute atomic E-state index is 10.9. The van der Waals surface area contributed by atoms with Gasteiger partial charge in [-0.2, -0.15) is 0 Å². The summed E-state index contributed by atoms with van der Waals surface area (Å²) in [6.07, 6.45) is 11.8. The van der Waals surface area contributed by atoms with Crippen LogP contribution < -0.4 is 21.3 Å². The lowest BCUT2D eigenvalue weighted by Crippen LogP contribution is -2.40. The van der Waals surface area contributed by atoms with Crippen molar-refractivity contribution < 1.29 is 4.79 Å². The van der Waals surface area contributed by atoms with Gasteiger partial charge in [0.25, 0.3) is 0 Å². The van der Waals surface area contributed by atoms with E-state index in [1.54, 1.807) is 0 Å². The third-order valence-electron chi connectivity index (χ3n) is 6.48. The number of carbonyl (C=O) groups is 1. The Morgan fingerprint density at radius 2 is 1.79 bits per heavy atom. The molecule has 1 aliphatic carbocycles. The Hall–Kier alpha value is -2.05. The third-order valence-corrected chi connectivity index (χ3v) is 6.48. The van der Waals surface area contributed by atoms with Crippen LogP contribution in [-0.4, -0.2) is 41.7 Å². The Morgan fingerprint density at radius 3 is 2.36 bits per heavy atom. The van der Waals surface area contributed by atoms with Crippen LogP contribution in [0.5, 0.6) is 0 Å². The standard InChI is InChI=1S/C21H36N6O/c1-15(2)17-8-11-27(12-9-17)21-24-13-19(14-25-21)23-10-7-16-3-5-18(6-4-16)26-20(22)28/h13-18,23H,3-12H2,1-2H3,(H3,22,26,28)/t16-,18-. The molecule has 0 radical (unpaired) electrons. The molecule has 1 saturated carbocycles. The van der Waals surface area contributed by atoms with Crippen molar-refractivity contribution in [1.82, 2.24) is 15.3 Å². The molecule has 1 aromatic heterocycles. The summed E-state index contributed by atoms with van der Waals surface area (Å²) in [5, 5.41) is 6.28. The van der Waals surface area contributed by atoms with Crippen LogP contribution in [0.3, 0.4) is 0 Å². The van der Waals surface area contributed by atoms with Crippen LogP contribution in [0.4, 0.5) is 16.4 Å². The Bertz CT molecular complexity index is 604. The van der Waals surface area contributed by atoms with Gasteiger partial charge in [-0.25, -0.2) is 14.8 Å². The summed E-state index contributed by atoms with van der Waals surface area (Å²) in [5.41, 5.74) is 6.19. The Balaban J connectivity index is 1.36. The second kappa shape index (κ2) is 9.94. The number of aromatic nitrogens is 2. The fourth-order valence-electron chi connectivity index (χ4n) is 4.56. The zero-order chi connectivity index (χ0) is 19.9. The van der Waals surface area contributed by atoms with Crippen molar-refractivity contribution in [2.45, 2.75) is 64.8 Å². The fourth-order valence-corrected chi connectivity index (χ4v) is 4.56. The fraction of sp³-hybridized carbons (Fsp3) is 0.762. The summed E-state index contributed by atoms with van der Waals surface area (Å²) < 4.78 is 0. The molecule has 1 aromatic rings. The predicted molar refractivity (Wildman–Crippen MR) is 113 cm³/mol. The first-order valence-electron chi connectivity index (χ1n) is 10.9. The number of nitrogens with zero attached hydrogens (tertiary/aromatic N) is 3. The first-order chi connectivity index (χ1) is 13.5. The number of nitrogens with two attached hydrogens (primary N) is 1. The molecule has 0 atom stereocenters. The number of amides is 2. The van der Waals surface area contributed by atoms with Gasteiger partial charge in [0, 0.05) is 25.7 Å². The molecular weight excluding hydrogens is 352 g/mol. The van der Waals surface area contributed by atoms with Gasteiger partial charge in [-0.05, 0) is 62.7 Å². The molecule has 2 fully saturated rings. The van der Waals surface area contributed by atoms with Crippen LogP contribution in [0.1, 0.15) is 58.8 Å². The normalized spacial score (nSPS) is 23.6. The average molecular weight is 389 g/mol. The van der Waals surface area contributed by atoms with E-state index < -0.39 is 6.03 Å². The number of hydrogen-bond donors (Lipinski definition) is 3. The molecule has 1 saturated heterocycles. The molecule has 3 rings (SSSR count). The van der Waals surface area contributed by atoms with E-state index in [9.17, 15) is 4.79 Å². The lowest BCUT2D eigenvalue weighted by atomic mass is 9.84. The number of nitrogens with one attached hydrogen (secondary N) is 2. The minimum atomic E-state index is -0.405. The van der Waals surface area contributed by atoms with Gasteiger partial charge in [-0.1, -0.05) is 13.8 Å². The number of anilines is 2. The van der Waals surface area contributed by atoms with Crippen molar-refractivity contribution in [3.8, 4) is 0 Å². The van der Waals surface area contributed by atoms with Gasteiger partial charge in [-0.3, -0.25) is 0 Å². The molecular formula is C21H36N6O. The minimum Gasteiger partial charge on any atom is -0.383 e. The summed E-state index contributed by atoms with van der Waals surface area (Å²) in [7, 11) is 0. The number of urea groups is 1. The quantitative estimate of drug-likeness (QED) is 0.665. The number of rotatable bonds is 7. The highest BCUT2D eigenvalue weighted by Crippen LogP contribution is 2.28. The van der Waals surface area contributed by atoms with Crippen molar-refractivity contribution >= 4 is 17.7 Å². The van der Waals surface area contributed by atoms with E-state index in [4.69, 9.17) is 5.73 Å². The lowest BCUT2D eigenvalue weighted by Gasteiger charge is -2.33. The van der Waals surface area contributed by atoms with Gasteiger partial charge in [0.15, 0.2) is 0 Å². The molecule has 2 heterocycles. The monoisotopic (exact) mass is 388 g/mol. The van der Waals surface area contributed by atoms with Crippen LogP contribution in [0.25, 0.3) is 0 Å². The van der Waals surface area contributed by atoms with E-state index in [2.05, 4.69) is 39.3 Å². The Kier molecular flexibility index (Phi) is 7.34. The highest BCUT2D eigenvalue weighted by Gasteiger charge is 2.23. The van der Waals surface area contributed by atoms with E-state index in [1.807, 2.05) is 12.4 Å². The summed E-state index contributed by atoms with van der Waals surface area (Å²) in [6, 6.07) is -0.147. The summed E-state index contributed by atoms with van der Waals surface area (Å²) in [6.45, 7) is 7.69. The number of hydrogen-bond acceptors (Lipinski definition) is 5. The van der Waals surface area contributed by atoms with Gasteiger partial charge in [-0.15, -0.1) is 0 Å². The Labute approximate surface area is 168 Å². The molecule has 0 aromatic carbocycles. The molecule has 0 unspecified atom stereocenters. The maximum Gasteiger partial charge on any atom is 0.312 e. The molecule has 1 aliphatic heterocycles. The summed E-state index contributed by atoms with van der Waals surface area (Å²) >= 11 is 0. The summed E-state index contributed by atoms with van der Waals surface area (Å²) in [5.74, 6) is 3.16. The minimum absolute atomic E-state index is 0.258. The van der Waals surface area contributed by atoms with Crippen LogP contribution in [0, 0.1) is 17.8 Å². The number of carbonyl (C=O) groups excluding carboxylic acids is 1. The molecule has 2 aliphatic rings. The first kappa shape index (κ1) is 20.7. The summed E-state index contributed by atoms with van der Waals surface area (Å²) in [4.78, 5) is 22.4. The average Bonchev–Trinajstić information content (AvgIpc) is 2.69. The van der Waals surface area contributed by atoms with E-state index in [1.165, 1.54) is 12.8 Å². The molecule has 0 spiro atoms. The molecule has 156 valence electrons. The van der Waals surface area contributed by atoms with Crippen LogP contribution >= 0.6 is 0 Å². The van der Waals surface area contributed by atoms with E-state index in [0.29, 0.717) is 5.92 Å². The predicted octanol–water partition coefficient (Wildman–Crippen LogP) is 3.38. The van der Waals surface area contributed by atoms with Gasteiger partial charge < -0.3 is 21.3 Å². The molecule has 4 N–H and O–H groups in total. The molecule has 0 bridgehead atoms. The molecule has 7 heteroatoms. The second-order valence-electron chi connectivity index (χ2n) is 8.78. The van der Waals surface area contributed by atoms with Gasteiger partial charge >= 0.3 is 6.03 Å². The smallest absolute Gasteiger partial charge is 0.312 e. The maximum atomic E-state index is 10.9. The van der Waals surface area contributed by atoms with Crippen molar-refractivity contribution in [2.75, 3.05) is 29.9 Å². The number of primary amides is 1. The van der Waals surface area contributed by atoms with E-state index >= 15 is 0 Å². The zero-order valence-electron chi connectivity index (χ0n) is 17.4. The first-order valence-corrected chi connectivity index (χ1v) is 10.9. The zero-order valence-corrected chi connectivity index (χ0v) is 17.4. The van der Waals surface area contributed by atoms with E-state index in [0.717, 1.165) is 75.2 Å². The third kappa shape index (κ3) is 5.97. The SMILES string of the molecule is CC(C)C1CCN(c2ncc(NCC[C@H]3CC[C@H](NC(N)=O)CC3)cn2)CC1. The van der Waals surface area contributed by atoms with Crippen LogP contribution in [-0.2, 0) is 0 Å². The van der Waals surface area contributed by atoms with Crippen molar-refractivity contribution in [2.24, 2.45) is 23.5 Å².